The number of carboxylic acids is 1. The summed E-state index contributed by atoms with van der Waals surface area (Å²) in [5.41, 5.74) is 4.68. The molecule has 3 nitrogen and oxygen atoms in total. The molecule has 0 radical (unpaired) electrons. The molecule has 0 amide bonds. The fourth-order valence-electron chi connectivity index (χ4n) is 0.819. The third-order valence-corrected chi connectivity index (χ3v) is 3.84. The van der Waals surface area contributed by atoms with Crippen LogP contribution in [0, 0.1) is 9.39 Å². The van der Waals surface area contributed by atoms with E-state index in [2.05, 4.69) is 15.9 Å². The quantitative estimate of drug-likeness (QED) is 0.460. The van der Waals surface area contributed by atoms with Gasteiger partial charge in [-0.2, -0.15) is 0 Å². The fraction of sp³-hybridized carbons (Fsp3) is 0. The lowest BCUT2D eigenvalue weighted by molar-refractivity contribution is 0.0696. The predicted molar refractivity (Wildman–Crippen MR) is 58.2 cm³/mol. The molecule has 0 heterocycles. The molecule has 1 rings (SSSR count). The summed E-state index contributed by atoms with van der Waals surface area (Å²) in [5.74, 6) is -1.97. The van der Waals surface area contributed by atoms with Crippen molar-refractivity contribution in [3.05, 3.63) is 25.5 Å². The van der Waals surface area contributed by atoms with Gasteiger partial charge in [-0.25, -0.2) is 9.18 Å². The van der Waals surface area contributed by atoms with E-state index in [9.17, 15) is 9.18 Å². The molecule has 13 heavy (non-hydrogen) atoms. The molecule has 70 valence electrons. The molecule has 0 fully saturated rings. The van der Waals surface area contributed by atoms with Crippen LogP contribution in [0.25, 0.3) is 0 Å². The van der Waals surface area contributed by atoms with Crippen LogP contribution in [0.2, 0.25) is 0 Å². The third-order valence-electron chi connectivity index (χ3n) is 1.42. The number of nitrogen functional groups attached to an aromatic ring is 1. The number of rotatable bonds is 1. The van der Waals surface area contributed by atoms with Crippen LogP contribution in [0.15, 0.2) is 10.5 Å². The summed E-state index contributed by atoms with van der Waals surface area (Å²) in [5, 5.41) is 8.72. The number of nitrogens with two attached hydrogens (primary N) is 1. The van der Waals surface area contributed by atoms with Crippen molar-refractivity contribution >= 4 is 50.2 Å². The van der Waals surface area contributed by atoms with Gasteiger partial charge in [-0.05, 0) is 44.6 Å². The van der Waals surface area contributed by atoms with Gasteiger partial charge in [0, 0.05) is 8.04 Å². The summed E-state index contributed by atoms with van der Waals surface area (Å²) < 4.78 is 13.7. The zero-order valence-corrected chi connectivity index (χ0v) is 9.89. The van der Waals surface area contributed by atoms with Gasteiger partial charge in [0.25, 0.3) is 0 Å². The Morgan fingerprint density at radius 2 is 2.23 bits per heavy atom. The number of benzene rings is 1. The van der Waals surface area contributed by atoms with Gasteiger partial charge in [0.2, 0.25) is 0 Å². The lowest BCUT2D eigenvalue weighted by Gasteiger charge is -2.06. The molecule has 0 saturated heterocycles. The SMILES string of the molecule is Nc1c(F)cc(I)c(Br)c1C(=O)O. The number of hydrogen-bond acceptors (Lipinski definition) is 2. The van der Waals surface area contributed by atoms with Crippen molar-refractivity contribution in [2.45, 2.75) is 0 Å². The molecule has 0 aliphatic carbocycles. The average Bonchev–Trinajstić information content (AvgIpc) is 2.01. The molecule has 1 aromatic carbocycles. The van der Waals surface area contributed by atoms with E-state index in [1.54, 1.807) is 0 Å². The van der Waals surface area contributed by atoms with Crippen molar-refractivity contribution in [3.8, 4) is 0 Å². The van der Waals surface area contributed by atoms with E-state index in [1.165, 1.54) is 6.07 Å². The van der Waals surface area contributed by atoms with Gasteiger partial charge in [-0.1, -0.05) is 0 Å². The maximum atomic E-state index is 13.0. The highest BCUT2D eigenvalue weighted by atomic mass is 127. The molecule has 0 aliphatic heterocycles. The molecule has 0 saturated carbocycles. The molecule has 0 bridgehead atoms. The standard InChI is InChI=1S/C7H4BrFINO2/c8-5-3(10)1-2(9)6(11)4(5)7(12)13/h1H,11H2,(H,12,13). The van der Waals surface area contributed by atoms with E-state index in [-0.39, 0.29) is 11.3 Å². The van der Waals surface area contributed by atoms with E-state index in [4.69, 9.17) is 10.8 Å². The van der Waals surface area contributed by atoms with Gasteiger partial charge in [-0.15, -0.1) is 0 Å². The van der Waals surface area contributed by atoms with Crippen LogP contribution in [-0.4, -0.2) is 11.1 Å². The Kier molecular flexibility index (Phi) is 3.12. The second-order valence-electron chi connectivity index (χ2n) is 2.25. The van der Waals surface area contributed by atoms with Crippen LogP contribution < -0.4 is 5.73 Å². The predicted octanol–water partition coefficient (Wildman–Crippen LogP) is 2.47. The molecule has 0 unspecified atom stereocenters. The average molecular weight is 360 g/mol. The van der Waals surface area contributed by atoms with E-state index < -0.39 is 11.8 Å². The fourth-order valence-corrected chi connectivity index (χ4v) is 1.86. The topological polar surface area (TPSA) is 63.3 Å². The van der Waals surface area contributed by atoms with E-state index in [1.807, 2.05) is 22.6 Å². The van der Waals surface area contributed by atoms with Crippen LogP contribution in [0.1, 0.15) is 10.4 Å². The van der Waals surface area contributed by atoms with Crippen molar-refractivity contribution in [1.82, 2.24) is 0 Å². The van der Waals surface area contributed by atoms with Gasteiger partial charge in [0.05, 0.1) is 5.69 Å². The van der Waals surface area contributed by atoms with E-state index in [0.29, 0.717) is 8.04 Å². The van der Waals surface area contributed by atoms with Gasteiger partial charge in [0.1, 0.15) is 11.4 Å². The van der Waals surface area contributed by atoms with Crippen molar-refractivity contribution in [2.24, 2.45) is 0 Å². The van der Waals surface area contributed by atoms with E-state index in [0.717, 1.165) is 0 Å². The smallest absolute Gasteiger partial charge is 0.339 e. The van der Waals surface area contributed by atoms with Gasteiger partial charge >= 0.3 is 5.97 Å². The maximum absolute atomic E-state index is 13.0. The number of aromatic carboxylic acids is 1. The summed E-state index contributed by atoms with van der Waals surface area (Å²) >= 11 is 4.85. The minimum absolute atomic E-state index is 0.232. The molecule has 0 spiro atoms. The summed E-state index contributed by atoms with van der Waals surface area (Å²) in [6.07, 6.45) is 0. The number of carboxylic acid groups (broad SMARTS) is 1. The van der Waals surface area contributed by atoms with Gasteiger partial charge in [0.15, 0.2) is 0 Å². The second-order valence-corrected chi connectivity index (χ2v) is 4.20. The zero-order valence-electron chi connectivity index (χ0n) is 6.14. The van der Waals surface area contributed by atoms with Crippen LogP contribution in [0.4, 0.5) is 10.1 Å². The van der Waals surface area contributed by atoms with Crippen LogP contribution in [0.5, 0.6) is 0 Å². The summed E-state index contributed by atoms with van der Waals surface area (Å²) in [6, 6.07) is 1.17. The first-order valence-corrected chi connectivity index (χ1v) is 4.98. The van der Waals surface area contributed by atoms with Crippen LogP contribution >= 0.6 is 38.5 Å². The summed E-state index contributed by atoms with van der Waals surface area (Å²) in [6.45, 7) is 0. The second kappa shape index (κ2) is 3.79. The highest BCUT2D eigenvalue weighted by Crippen LogP contribution is 2.30. The minimum atomic E-state index is -1.25. The van der Waals surface area contributed by atoms with Crippen molar-refractivity contribution in [2.75, 3.05) is 5.73 Å². The number of carbonyl (C=O) groups is 1. The molecule has 0 atom stereocenters. The molecular formula is C7H4BrFINO2. The number of halogens is 3. The van der Waals surface area contributed by atoms with Crippen molar-refractivity contribution in [1.29, 1.82) is 0 Å². The lowest BCUT2D eigenvalue weighted by atomic mass is 10.2. The molecular weight excluding hydrogens is 356 g/mol. The molecule has 0 aromatic heterocycles. The Hall–Kier alpha value is -0.370. The lowest BCUT2D eigenvalue weighted by Crippen LogP contribution is -2.07. The monoisotopic (exact) mass is 359 g/mol. The molecule has 3 N–H and O–H groups in total. The Labute approximate surface area is 95.4 Å². The summed E-state index contributed by atoms with van der Waals surface area (Å²) in [7, 11) is 0. The maximum Gasteiger partial charge on any atom is 0.339 e. The van der Waals surface area contributed by atoms with Crippen molar-refractivity contribution in [3.63, 3.8) is 0 Å². The molecule has 6 heteroatoms. The van der Waals surface area contributed by atoms with Crippen LogP contribution in [-0.2, 0) is 0 Å². The van der Waals surface area contributed by atoms with Gasteiger partial charge in [-0.3, -0.25) is 0 Å². The first-order chi connectivity index (χ1) is 5.95. The Morgan fingerprint density at radius 1 is 1.69 bits per heavy atom. The highest BCUT2D eigenvalue weighted by Gasteiger charge is 2.18. The first-order valence-electron chi connectivity index (χ1n) is 3.11. The first kappa shape index (κ1) is 10.7. The largest absolute Gasteiger partial charge is 0.478 e. The number of hydrogen-bond donors (Lipinski definition) is 2. The van der Waals surface area contributed by atoms with Crippen LogP contribution in [0.3, 0.4) is 0 Å². The number of anilines is 1. The molecule has 0 aliphatic rings. The Bertz CT molecular complexity index is 357. The van der Waals surface area contributed by atoms with Crippen molar-refractivity contribution < 1.29 is 14.3 Å². The minimum Gasteiger partial charge on any atom is -0.478 e. The molecule has 1 aromatic rings. The normalized spacial score (nSPS) is 10.1. The highest BCUT2D eigenvalue weighted by molar-refractivity contribution is 14.1. The third kappa shape index (κ3) is 1.93. The summed E-state index contributed by atoms with van der Waals surface area (Å²) in [4.78, 5) is 10.7. The Balaban J connectivity index is 3.56. The van der Waals surface area contributed by atoms with E-state index >= 15 is 0 Å². The Morgan fingerprint density at radius 3 is 2.69 bits per heavy atom. The zero-order chi connectivity index (χ0) is 10.2. The van der Waals surface area contributed by atoms with Gasteiger partial charge < -0.3 is 10.8 Å².